The van der Waals surface area contributed by atoms with Gasteiger partial charge in [0.2, 0.25) is 0 Å². The highest BCUT2D eigenvalue weighted by Crippen LogP contribution is 2.17. The fraction of sp³-hybridized carbons (Fsp3) is 0.250. The first-order valence-corrected chi connectivity index (χ1v) is 5.35. The van der Waals surface area contributed by atoms with Crippen molar-refractivity contribution in [3.63, 3.8) is 0 Å². The molecular weight excluding hydrogens is 227 g/mol. The van der Waals surface area contributed by atoms with Gasteiger partial charge in [-0.05, 0) is 30.0 Å². The maximum absolute atomic E-state index is 12.7. The van der Waals surface area contributed by atoms with E-state index in [0.717, 1.165) is 15.8 Å². The summed E-state index contributed by atoms with van der Waals surface area (Å²) in [6.07, 6.45) is 2.00. The van der Waals surface area contributed by atoms with Crippen LogP contribution in [0.2, 0.25) is 0 Å². The van der Waals surface area contributed by atoms with Gasteiger partial charge < -0.3 is 0 Å². The second-order valence-electron chi connectivity index (χ2n) is 2.21. The van der Waals surface area contributed by atoms with Gasteiger partial charge in [0.05, 0.1) is 0 Å². The van der Waals surface area contributed by atoms with Gasteiger partial charge in [-0.3, -0.25) is 0 Å². The predicted octanol–water partition coefficient (Wildman–Crippen LogP) is 3.45. The summed E-state index contributed by atoms with van der Waals surface area (Å²) >= 11 is 4.92. The Morgan fingerprint density at radius 3 is 2.73 bits per heavy atom. The molecular formula is C8H8BrFS. The van der Waals surface area contributed by atoms with Gasteiger partial charge in [-0.25, -0.2) is 4.39 Å². The Morgan fingerprint density at radius 2 is 2.18 bits per heavy atom. The Bertz CT molecular complexity index is 230. The molecule has 0 bridgehead atoms. The fourth-order valence-electron chi connectivity index (χ4n) is 0.861. The van der Waals surface area contributed by atoms with Crippen LogP contribution < -0.4 is 0 Å². The van der Waals surface area contributed by atoms with Gasteiger partial charge in [-0.1, -0.05) is 15.9 Å². The molecule has 0 amide bonds. The Labute approximate surface area is 78.3 Å². The van der Waals surface area contributed by atoms with Crippen molar-refractivity contribution in [1.29, 1.82) is 0 Å². The third-order valence-electron chi connectivity index (χ3n) is 1.23. The first kappa shape index (κ1) is 9.07. The van der Waals surface area contributed by atoms with Gasteiger partial charge in [0.15, 0.2) is 0 Å². The molecule has 0 aliphatic rings. The van der Waals surface area contributed by atoms with Crippen LogP contribution in [0.1, 0.15) is 5.56 Å². The zero-order valence-corrected chi connectivity index (χ0v) is 8.51. The highest BCUT2D eigenvalue weighted by atomic mass is 79.9. The SMILES string of the molecule is CSCc1cc(F)cc(Br)c1. The molecule has 60 valence electrons. The monoisotopic (exact) mass is 234 g/mol. The molecule has 11 heavy (non-hydrogen) atoms. The molecule has 0 fully saturated rings. The highest BCUT2D eigenvalue weighted by Gasteiger charge is 1.97. The smallest absolute Gasteiger partial charge is 0.124 e. The van der Waals surface area contributed by atoms with Gasteiger partial charge in [0.1, 0.15) is 5.82 Å². The molecule has 1 rings (SSSR count). The first-order chi connectivity index (χ1) is 5.22. The second kappa shape index (κ2) is 4.12. The van der Waals surface area contributed by atoms with E-state index in [1.54, 1.807) is 17.8 Å². The summed E-state index contributed by atoms with van der Waals surface area (Å²) < 4.78 is 13.5. The zero-order chi connectivity index (χ0) is 8.27. The van der Waals surface area contributed by atoms with E-state index in [-0.39, 0.29) is 5.82 Å². The van der Waals surface area contributed by atoms with Crippen molar-refractivity contribution in [2.24, 2.45) is 0 Å². The average molecular weight is 235 g/mol. The lowest BCUT2D eigenvalue weighted by atomic mass is 10.2. The molecule has 0 aliphatic heterocycles. The Kier molecular flexibility index (Phi) is 3.40. The van der Waals surface area contributed by atoms with Crippen LogP contribution in [0.5, 0.6) is 0 Å². The second-order valence-corrected chi connectivity index (χ2v) is 3.99. The molecule has 3 heteroatoms. The molecule has 1 aromatic carbocycles. The van der Waals surface area contributed by atoms with Gasteiger partial charge in [-0.2, -0.15) is 11.8 Å². The molecule has 1 aromatic rings. The minimum absolute atomic E-state index is 0.177. The third kappa shape index (κ3) is 2.83. The van der Waals surface area contributed by atoms with Gasteiger partial charge in [-0.15, -0.1) is 0 Å². The number of benzene rings is 1. The van der Waals surface area contributed by atoms with Crippen LogP contribution in [0.3, 0.4) is 0 Å². The molecule has 0 atom stereocenters. The molecule has 0 saturated carbocycles. The topological polar surface area (TPSA) is 0 Å². The third-order valence-corrected chi connectivity index (χ3v) is 2.31. The van der Waals surface area contributed by atoms with Crippen molar-refractivity contribution in [2.75, 3.05) is 6.26 Å². The molecule has 0 spiro atoms. The Hall–Kier alpha value is -0.0200. The molecule has 0 N–H and O–H groups in total. The highest BCUT2D eigenvalue weighted by molar-refractivity contribution is 9.10. The molecule has 0 nitrogen and oxygen atoms in total. The van der Waals surface area contributed by atoms with Crippen LogP contribution in [-0.4, -0.2) is 6.26 Å². The number of hydrogen-bond donors (Lipinski definition) is 0. The number of halogens is 2. The summed E-state index contributed by atoms with van der Waals surface area (Å²) in [5.41, 5.74) is 1.02. The Morgan fingerprint density at radius 1 is 1.45 bits per heavy atom. The van der Waals surface area contributed by atoms with Crippen molar-refractivity contribution in [3.8, 4) is 0 Å². The van der Waals surface area contributed by atoms with Crippen LogP contribution in [0, 0.1) is 5.82 Å². The summed E-state index contributed by atoms with van der Waals surface area (Å²) in [6, 6.07) is 4.95. The van der Waals surface area contributed by atoms with Crippen molar-refractivity contribution < 1.29 is 4.39 Å². The quantitative estimate of drug-likeness (QED) is 0.756. The van der Waals surface area contributed by atoms with E-state index >= 15 is 0 Å². The lowest BCUT2D eigenvalue weighted by Gasteiger charge is -1.98. The number of thioether (sulfide) groups is 1. The maximum atomic E-state index is 12.7. The van der Waals surface area contributed by atoms with Gasteiger partial charge >= 0.3 is 0 Å². The van der Waals surface area contributed by atoms with Crippen molar-refractivity contribution in [1.82, 2.24) is 0 Å². The van der Waals surface area contributed by atoms with E-state index in [9.17, 15) is 4.39 Å². The minimum Gasteiger partial charge on any atom is -0.207 e. The normalized spacial score (nSPS) is 10.1. The largest absolute Gasteiger partial charge is 0.207 e. The number of hydrogen-bond acceptors (Lipinski definition) is 1. The molecule has 0 heterocycles. The summed E-state index contributed by atoms with van der Waals surface area (Å²) in [7, 11) is 0. The van der Waals surface area contributed by atoms with Gasteiger partial charge in [0.25, 0.3) is 0 Å². The predicted molar refractivity (Wildman–Crippen MR) is 51.3 cm³/mol. The van der Waals surface area contributed by atoms with Crippen molar-refractivity contribution in [3.05, 3.63) is 34.1 Å². The molecule has 0 unspecified atom stereocenters. The summed E-state index contributed by atoms with van der Waals surface area (Å²) in [6.45, 7) is 0. The number of rotatable bonds is 2. The zero-order valence-electron chi connectivity index (χ0n) is 6.10. The average Bonchev–Trinajstić information content (AvgIpc) is 1.85. The van der Waals surface area contributed by atoms with E-state index in [0.29, 0.717) is 0 Å². The molecule has 0 aliphatic carbocycles. The van der Waals surface area contributed by atoms with E-state index in [1.165, 1.54) is 6.07 Å². The van der Waals surface area contributed by atoms with Crippen LogP contribution in [0.4, 0.5) is 4.39 Å². The van der Waals surface area contributed by atoms with E-state index in [2.05, 4.69) is 15.9 Å². The standard InChI is InChI=1S/C8H8BrFS/c1-11-5-6-2-7(9)4-8(10)3-6/h2-4H,5H2,1H3. The summed E-state index contributed by atoms with van der Waals surface area (Å²) in [5.74, 6) is 0.680. The fourth-order valence-corrected chi connectivity index (χ4v) is 1.87. The summed E-state index contributed by atoms with van der Waals surface area (Å²) in [4.78, 5) is 0. The van der Waals surface area contributed by atoms with E-state index < -0.39 is 0 Å². The van der Waals surface area contributed by atoms with Crippen LogP contribution in [0.25, 0.3) is 0 Å². The molecule has 0 saturated heterocycles. The van der Waals surface area contributed by atoms with Crippen molar-refractivity contribution >= 4 is 27.7 Å². The minimum atomic E-state index is -0.177. The maximum Gasteiger partial charge on any atom is 0.124 e. The lowest BCUT2D eigenvalue weighted by Crippen LogP contribution is -1.82. The van der Waals surface area contributed by atoms with E-state index in [4.69, 9.17) is 0 Å². The molecule has 0 radical (unpaired) electrons. The summed E-state index contributed by atoms with van der Waals surface area (Å²) in [5, 5.41) is 0. The van der Waals surface area contributed by atoms with Crippen LogP contribution >= 0.6 is 27.7 Å². The van der Waals surface area contributed by atoms with Gasteiger partial charge in [0, 0.05) is 10.2 Å². The Balaban J connectivity index is 2.89. The van der Waals surface area contributed by atoms with E-state index in [1.807, 2.05) is 12.3 Å². The van der Waals surface area contributed by atoms with Crippen LogP contribution in [-0.2, 0) is 5.75 Å². The van der Waals surface area contributed by atoms with Crippen molar-refractivity contribution in [2.45, 2.75) is 5.75 Å². The molecule has 0 aromatic heterocycles. The first-order valence-electron chi connectivity index (χ1n) is 3.16. The lowest BCUT2D eigenvalue weighted by molar-refractivity contribution is 0.625. The van der Waals surface area contributed by atoms with Crippen LogP contribution in [0.15, 0.2) is 22.7 Å².